The third-order valence-electron chi connectivity index (χ3n) is 6.41. The van der Waals surface area contributed by atoms with Gasteiger partial charge in [0, 0.05) is 17.6 Å². The Labute approximate surface area is 189 Å². The van der Waals surface area contributed by atoms with Crippen LogP contribution in [0.25, 0.3) is 5.57 Å². The number of allylic oxidation sites excluding steroid dienone is 1. The van der Waals surface area contributed by atoms with Gasteiger partial charge in [-0.2, -0.15) is 4.98 Å². The number of aliphatic hydroxyl groups excluding tert-OH is 1. The van der Waals surface area contributed by atoms with Crippen molar-refractivity contribution >= 4 is 28.9 Å². The highest BCUT2D eigenvalue weighted by Gasteiger charge is 2.35. The minimum atomic E-state index is -0.273. The molecule has 1 heterocycles. The molecule has 0 radical (unpaired) electrons. The fraction of sp³-hybridized carbons (Fsp3) is 0.440. The van der Waals surface area contributed by atoms with Crippen LogP contribution in [0.2, 0.25) is 5.02 Å². The van der Waals surface area contributed by atoms with E-state index in [1.807, 2.05) is 12.1 Å². The second-order valence-electron chi connectivity index (χ2n) is 9.14. The Morgan fingerprint density at radius 1 is 1.32 bits per heavy atom. The standard InChI is InChI=1S/C25H29ClN4O/c1-4-16-15-28-24(30-23(16)29-20-9-10-22(31)25(2,3)14-20)27-12-11-18-6-5-17-7-8-19(26)13-21(17)18/h1,6-8,13,15,20,22,31H,5,9-12,14H2,2-3H3,(H2,27,28,29,30)/t20-,22+/m1/s1. The number of fused-ring (bicyclic) bond motifs is 1. The topological polar surface area (TPSA) is 70.1 Å². The van der Waals surface area contributed by atoms with Gasteiger partial charge in [-0.25, -0.2) is 4.98 Å². The molecule has 1 aromatic carbocycles. The molecule has 0 spiro atoms. The molecule has 0 saturated heterocycles. The van der Waals surface area contributed by atoms with E-state index >= 15 is 0 Å². The molecule has 6 heteroatoms. The van der Waals surface area contributed by atoms with Gasteiger partial charge in [0.15, 0.2) is 0 Å². The van der Waals surface area contributed by atoms with Gasteiger partial charge in [-0.05, 0) is 66.4 Å². The van der Waals surface area contributed by atoms with E-state index < -0.39 is 0 Å². The van der Waals surface area contributed by atoms with Gasteiger partial charge in [0.2, 0.25) is 5.95 Å². The molecular formula is C25H29ClN4O. The highest BCUT2D eigenvalue weighted by atomic mass is 35.5. The Balaban J connectivity index is 1.39. The molecular weight excluding hydrogens is 408 g/mol. The summed E-state index contributed by atoms with van der Waals surface area (Å²) in [5.41, 5.74) is 4.38. The van der Waals surface area contributed by atoms with Gasteiger partial charge in [-0.1, -0.05) is 43.5 Å². The SMILES string of the molecule is C#Cc1cnc(NCCC2=CCc3ccc(Cl)cc32)nc1N[C@@H]1CC[C@H](O)C(C)(C)C1. The molecule has 4 rings (SSSR count). The maximum atomic E-state index is 10.2. The number of terminal acetylenes is 1. The number of anilines is 2. The molecule has 2 aliphatic carbocycles. The van der Waals surface area contributed by atoms with Crippen molar-refractivity contribution in [1.82, 2.24) is 9.97 Å². The van der Waals surface area contributed by atoms with E-state index in [0.29, 0.717) is 17.3 Å². The van der Waals surface area contributed by atoms with Crippen LogP contribution in [-0.2, 0) is 6.42 Å². The Hall–Kier alpha value is -2.55. The first kappa shape index (κ1) is 21.7. The van der Waals surface area contributed by atoms with Crippen molar-refractivity contribution in [3.05, 3.63) is 52.2 Å². The summed E-state index contributed by atoms with van der Waals surface area (Å²) in [6, 6.07) is 6.30. The molecule has 0 bridgehead atoms. The average molecular weight is 437 g/mol. The number of halogens is 1. The molecule has 162 valence electrons. The molecule has 0 amide bonds. The smallest absolute Gasteiger partial charge is 0.224 e. The second kappa shape index (κ2) is 8.90. The van der Waals surface area contributed by atoms with Gasteiger partial charge in [0.25, 0.3) is 0 Å². The van der Waals surface area contributed by atoms with E-state index in [2.05, 4.69) is 52.5 Å². The normalized spacial score (nSPS) is 21.7. The summed E-state index contributed by atoms with van der Waals surface area (Å²) < 4.78 is 0. The Bertz CT molecular complexity index is 1040. The summed E-state index contributed by atoms with van der Waals surface area (Å²) in [6.07, 6.45) is 13.7. The zero-order valence-electron chi connectivity index (χ0n) is 18.1. The molecule has 0 aliphatic heterocycles. The number of benzene rings is 1. The summed E-state index contributed by atoms with van der Waals surface area (Å²) >= 11 is 6.17. The molecule has 2 atom stereocenters. The van der Waals surface area contributed by atoms with Crippen LogP contribution in [0.4, 0.5) is 11.8 Å². The summed E-state index contributed by atoms with van der Waals surface area (Å²) in [5, 5.41) is 17.8. The minimum absolute atomic E-state index is 0.130. The lowest BCUT2D eigenvalue weighted by atomic mass is 9.73. The fourth-order valence-corrected chi connectivity index (χ4v) is 4.71. The maximum Gasteiger partial charge on any atom is 0.224 e. The number of aromatic nitrogens is 2. The third-order valence-corrected chi connectivity index (χ3v) is 6.65. The number of rotatable bonds is 6. The summed E-state index contributed by atoms with van der Waals surface area (Å²) in [5.74, 6) is 3.91. The Kier molecular flexibility index (Phi) is 6.22. The third kappa shape index (κ3) is 4.87. The Morgan fingerprint density at radius 3 is 2.94 bits per heavy atom. The Morgan fingerprint density at radius 2 is 2.16 bits per heavy atom. The molecule has 31 heavy (non-hydrogen) atoms. The largest absolute Gasteiger partial charge is 0.393 e. The van der Waals surface area contributed by atoms with Crippen molar-refractivity contribution < 1.29 is 5.11 Å². The summed E-state index contributed by atoms with van der Waals surface area (Å²) in [4.78, 5) is 9.03. The zero-order chi connectivity index (χ0) is 22.0. The summed E-state index contributed by atoms with van der Waals surface area (Å²) in [6.45, 7) is 4.92. The van der Waals surface area contributed by atoms with Crippen LogP contribution < -0.4 is 10.6 Å². The lowest BCUT2D eigenvalue weighted by Crippen LogP contribution is -2.41. The quantitative estimate of drug-likeness (QED) is 0.561. The monoisotopic (exact) mass is 436 g/mol. The van der Waals surface area contributed by atoms with Crippen molar-refractivity contribution in [1.29, 1.82) is 0 Å². The number of nitrogens with one attached hydrogen (secondary N) is 2. The predicted octanol–water partition coefficient (Wildman–Crippen LogP) is 4.90. The van der Waals surface area contributed by atoms with Crippen LogP contribution in [0.1, 0.15) is 56.2 Å². The molecule has 2 aromatic rings. The van der Waals surface area contributed by atoms with Crippen molar-refractivity contribution in [2.75, 3.05) is 17.2 Å². The first-order valence-corrected chi connectivity index (χ1v) is 11.2. The highest BCUT2D eigenvalue weighted by Crippen LogP contribution is 2.37. The van der Waals surface area contributed by atoms with Crippen molar-refractivity contribution in [2.45, 2.75) is 58.1 Å². The van der Waals surface area contributed by atoms with Crippen LogP contribution in [0.3, 0.4) is 0 Å². The van der Waals surface area contributed by atoms with Crippen LogP contribution in [0, 0.1) is 17.8 Å². The molecule has 1 aromatic heterocycles. The van der Waals surface area contributed by atoms with E-state index in [4.69, 9.17) is 18.0 Å². The van der Waals surface area contributed by atoms with Gasteiger partial charge in [0.1, 0.15) is 5.82 Å². The predicted molar refractivity (Wildman–Crippen MR) is 127 cm³/mol. The van der Waals surface area contributed by atoms with Crippen molar-refractivity contribution in [3.63, 3.8) is 0 Å². The van der Waals surface area contributed by atoms with Gasteiger partial charge < -0.3 is 15.7 Å². The highest BCUT2D eigenvalue weighted by molar-refractivity contribution is 6.30. The molecule has 5 nitrogen and oxygen atoms in total. The van der Waals surface area contributed by atoms with E-state index in [-0.39, 0.29) is 17.6 Å². The van der Waals surface area contributed by atoms with Crippen LogP contribution in [-0.4, -0.2) is 33.8 Å². The minimum Gasteiger partial charge on any atom is -0.393 e. The van der Waals surface area contributed by atoms with Gasteiger partial charge in [-0.3, -0.25) is 0 Å². The lowest BCUT2D eigenvalue weighted by molar-refractivity contribution is 0.00926. The van der Waals surface area contributed by atoms with E-state index in [0.717, 1.165) is 43.7 Å². The zero-order valence-corrected chi connectivity index (χ0v) is 18.8. The van der Waals surface area contributed by atoms with Gasteiger partial charge in [-0.15, -0.1) is 6.42 Å². The molecule has 1 fully saturated rings. The number of aliphatic hydroxyl groups is 1. The molecule has 0 unspecified atom stereocenters. The first-order valence-electron chi connectivity index (χ1n) is 10.9. The van der Waals surface area contributed by atoms with Crippen molar-refractivity contribution in [2.24, 2.45) is 5.41 Å². The van der Waals surface area contributed by atoms with Crippen LogP contribution in [0.15, 0.2) is 30.5 Å². The van der Waals surface area contributed by atoms with Crippen LogP contribution >= 0.6 is 11.6 Å². The second-order valence-corrected chi connectivity index (χ2v) is 9.58. The number of hydrogen-bond donors (Lipinski definition) is 3. The fourth-order valence-electron chi connectivity index (χ4n) is 4.54. The number of hydrogen-bond acceptors (Lipinski definition) is 5. The van der Waals surface area contributed by atoms with E-state index in [9.17, 15) is 5.11 Å². The van der Waals surface area contributed by atoms with Gasteiger partial charge >= 0.3 is 0 Å². The molecule has 2 aliphatic rings. The average Bonchev–Trinajstić information content (AvgIpc) is 3.13. The van der Waals surface area contributed by atoms with E-state index in [1.54, 1.807) is 6.20 Å². The van der Waals surface area contributed by atoms with Crippen LogP contribution in [0.5, 0.6) is 0 Å². The van der Waals surface area contributed by atoms with Gasteiger partial charge in [0.05, 0.1) is 17.9 Å². The molecule has 1 saturated carbocycles. The lowest BCUT2D eigenvalue weighted by Gasteiger charge is -2.40. The summed E-state index contributed by atoms with van der Waals surface area (Å²) in [7, 11) is 0. The molecule has 3 N–H and O–H groups in total. The number of nitrogens with zero attached hydrogens (tertiary/aromatic N) is 2. The first-order chi connectivity index (χ1) is 14.9. The maximum absolute atomic E-state index is 10.2. The van der Waals surface area contributed by atoms with E-state index in [1.165, 1.54) is 16.7 Å². The van der Waals surface area contributed by atoms with Crippen molar-refractivity contribution in [3.8, 4) is 12.3 Å².